The summed E-state index contributed by atoms with van der Waals surface area (Å²) in [7, 11) is 1.87. The number of fused-ring (bicyclic) bond motifs is 1. The maximum absolute atomic E-state index is 12.3. The highest BCUT2D eigenvalue weighted by Crippen LogP contribution is 2.24. The summed E-state index contributed by atoms with van der Waals surface area (Å²) < 4.78 is 40.5. The largest absolute Gasteiger partial charge is 0.405 e. The van der Waals surface area contributed by atoms with Crippen molar-refractivity contribution in [2.75, 3.05) is 11.9 Å². The van der Waals surface area contributed by atoms with Gasteiger partial charge in [0.1, 0.15) is 12.2 Å². The number of aromatic nitrogens is 4. The van der Waals surface area contributed by atoms with Crippen LogP contribution in [0.4, 0.5) is 23.7 Å². The molecule has 1 aromatic carbocycles. The molecule has 3 aromatic heterocycles. The molecule has 0 atom stereocenters. The molecule has 0 aliphatic carbocycles. The number of rotatable bonds is 7. The lowest BCUT2D eigenvalue weighted by Gasteiger charge is -2.10. The summed E-state index contributed by atoms with van der Waals surface area (Å²) in [4.78, 5) is 25.5. The summed E-state index contributed by atoms with van der Waals surface area (Å²) in [6.07, 6.45) is 3.96. The molecule has 9 nitrogen and oxygen atoms in total. The minimum absolute atomic E-state index is 0.293. The number of urea groups is 1. The summed E-state index contributed by atoms with van der Waals surface area (Å²) in [5.41, 5.74) is 4.15. The topological polar surface area (TPSA) is 97.8 Å². The normalized spacial score (nSPS) is 11.8. The lowest BCUT2D eigenvalue weighted by Crippen LogP contribution is -2.36. The van der Waals surface area contributed by atoms with Crippen molar-refractivity contribution in [3.8, 4) is 11.3 Å². The van der Waals surface area contributed by atoms with E-state index in [9.17, 15) is 18.0 Å². The molecule has 176 valence electrons. The summed E-state index contributed by atoms with van der Waals surface area (Å²) in [6, 6.07) is 9.45. The average molecular weight is 471 g/mol. The second kappa shape index (κ2) is 9.65. The molecular formula is C22H20F3N7O2. The van der Waals surface area contributed by atoms with Crippen molar-refractivity contribution in [1.82, 2.24) is 24.3 Å². The van der Waals surface area contributed by atoms with E-state index in [4.69, 9.17) is 4.84 Å². The molecule has 2 N–H and O–H groups in total. The van der Waals surface area contributed by atoms with Gasteiger partial charge in [0, 0.05) is 30.1 Å². The zero-order valence-corrected chi connectivity index (χ0v) is 18.0. The molecule has 4 aromatic rings. The first-order valence-corrected chi connectivity index (χ1v) is 10.1. The van der Waals surface area contributed by atoms with Gasteiger partial charge in [-0.2, -0.15) is 13.2 Å². The molecule has 4 rings (SSSR count). The Balaban J connectivity index is 1.43. The van der Waals surface area contributed by atoms with E-state index in [2.05, 4.69) is 20.4 Å². The van der Waals surface area contributed by atoms with Crippen LogP contribution in [0.2, 0.25) is 0 Å². The van der Waals surface area contributed by atoms with Crippen molar-refractivity contribution in [3.63, 3.8) is 0 Å². The van der Waals surface area contributed by atoms with E-state index in [0.717, 1.165) is 22.5 Å². The Morgan fingerprint density at radius 1 is 1.24 bits per heavy atom. The van der Waals surface area contributed by atoms with Gasteiger partial charge < -0.3 is 20.0 Å². The molecule has 0 saturated heterocycles. The molecule has 0 bridgehead atoms. The van der Waals surface area contributed by atoms with Crippen LogP contribution >= 0.6 is 0 Å². The summed E-state index contributed by atoms with van der Waals surface area (Å²) >= 11 is 0. The zero-order valence-electron chi connectivity index (χ0n) is 18.0. The van der Waals surface area contributed by atoms with Crippen LogP contribution in [0.1, 0.15) is 11.3 Å². The van der Waals surface area contributed by atoms with Crippen molar-refractivity contribution < 1.29 is 22.8 Å². The lowest BCUT2D eigenvalue weighted by molar-refractivity contribution is -0.122. The average Bonchev–Trinajstić information content (AvgIpc) is 3.40. The number of aryl methyl sites for hydroxylation is 1. The van der Waals surface area contributed by atoms with Crippen LogP contribution < -0.4 is 10.6 Å². The third-order valence-corrected chi connectivity index (χ3v) is 4.81. The lowest BCUT2D eigenvalue weighted by atomic mass is 10.1. The molecule has 0 radical (unpaired) electrons. The fourth-order valence-electron chi connectivity index (χ4n) is 3.13. The minimum Gasteiger partial charge on any atom is -0.389 e. The standard InChI is InChI=1S/C22H20F3N7O2/c1-31-14-26-10-18(31)12-34-29-9-15-5-6-32-19(11-27-20(32)7-15)16-3-2-4-17(8-16)30-21(33)28-13-22(23,24)25/h2-11,14H,12-13H2,1H3,(H2,28,30,33). The third kappa shape index (κ3) is 5.71. The number of nitrogens with zero attached hydrogens (tertiary/aromatic N) is 5. The van der Waals surface area contributed by atoms with Crippen molar-refractivity contribution in [1.29, 1.82) is 0 Å². The van der Waals surface area contributed by atoms with Gasteiger partial charge in [0.25, 0.3) is 0 Å². The van der Waals surface area contributed by atoms with Crippen molar-refractivity contribution >= 4 is 23.6 Å². The fourth-order valence-corrected chi connectivity index (χ4v) is 3.13. The zero-order chi connectivity index (χ0) is 24.1. The SMILES string of the molecule is Cn1cncc1CON=Cc1ccn2c(-c3cccc(NC(=O)NCC(F)(F)F)c3)cnc2c1. The highest BCUT2D eigenvalue weighted by Gasteiger charge is 2.27. The van der Waals surface area contributed by atoms with Gasteiger partial charge in [-0.1, -0.05) is 17.3 Å². The number of nitrogens with one attached hydrogen (secondary N) is 2. The maximum Gasteiger partial charge on any atom is 0.405 e. The molecule has 2 amide bonds. The van der Waals surface area contributed by atoms with Crippen LogP contribution in [0.5, 0.6) is 0 Å². The van der Waals surface area contributed by atoms with Crippen LogP contribution in [-0.4, -0.2) is 43.9 Å². The smallest absolute Gasteiger partial charge is 0.389 e. The van der Waals surface area contributed by atoms with Gasteiger partial charge in [-0.05, 0) is 24.3 Å². The number of halogens is 3. The molecule has 0 fully saturated rings. The summed E-state index contributed by atoms with van der Waals surface area (Å²) in [5.74, 6) is 0. The number of imidazole rings is 2. The first kappa shape index (κ1) is 22.8. The minimum atomic E-state index is -4.48. The van der Waals surface area contributed by atoms with Gasteiger partial charge in [0.15, 0.2) is 6.61 Å². The highest BCUT2D eigenvalue weighted by atomic mass is 19.4. The van der Waals surface area contributed by atoms with E-state index in [-0.39, 0.29) is 0 Å². The van der Waals surface area contributed by atoms with Gasteiger partial charge in [-0.15, -0.1) is 0 Å². The van der Waals surface area contributed by atoms with Gasteiger partial charge in [-0.3, -0.25) is 4.40 Å². The van der Waals surface area contributed by atoms with E-state index in [1.807, 2.05) is 40.4 Å². The van der Waals surface area contributed by atoms with Crippen molar-refractivity contribution in [3.05, 3.63) is 72.6 Å². The number of amides is 2. The summed E-state index contributed by atoms with van der Waals surface area (Å²) in [5, 5.41) is 8.15. The highest BCUT2D eigenvalue weighted by molar-refractivity contribution is 5.90. The molecule has 3 heterocycles. The van der Waals surface area contributed by atoms with E-state index < -0.39 is 18.8 Å². The van der Waals surface area contributed by atoms with Crippen molar-refractivity contribution in [2.45, 2.75) is 12.8 Å². The predicted molar refractivity (Wildman–Crippen MR) is 119 cm³/mol. The van der Waals surface area contributed by atoms with Gasteiger partial charge in [0.2, 0.25) is 0 Å². The molecule has 0 saturated carbocycles. The van der Waals surface area contributed by atoms with Crippen LogP contribution in [0.15, 0.2) is 66.5 Å². The van der Waals surface area contributed by atoms with Gasteiger partial charge >= 0.3 is 12.2 Å². The number of anilines is 1. The number of oxime groups is 1. The van der Waals surface area contributed by atoms with Crippen LogP contribution in [-0.2, 0) is 18.5 Å². The molecule has 34 heavy (non-hydrogen) atoms. The molecule has 0 spiro atoms. The Hall–Kier alpha value is -4.35. The van der Waals surface area contributed by atoms with Crippen LogP contribution in [0.3, 0.4) is 0 Å². The number of hydrogen-bond donors (Lipinski definition) is 2. The van der Waals surface area contributed by atoms with E-state index in [1.54, 1.807) is 48.5 Å². The molecular weight excluding hydrogens is 451 g/mol. The molecule has 12 heteroatoms. The molecule has 0 aliphatic rings. The van der Waals surface area contributed by atoms with Gasteiger partial charge in [-0.25, -0.2) is 14.8 Å². The maximum atomic E-state index is 12.3. The number of carbonyl (C=O) groups excluding carboxylic acids is 1. The Labute approximate surface area is 191 Å². The first-order valence-electron chi connectivity index (χ1n) is 10.1. The quantitative estimate of drug-likeness (QED) is 0.315. The second-order valence-electron chi connectivity index (χ2n) is 7.34. The van der Waals surface area contributed by atoms with Crippen molar-refractivity contribution in [2.24, 2.45) is 12.2 Å². The van der Waals surface area contributed by atoms with Crippen LogP contribution in [0.25, 0.3) is 16.9 Å². The first-order chi connectivity index (χ1) is 16.3. The van der Waals surface area contributed by atoms with Gasteiger partial charge in [0.05, 0.1) is 36.3 Å². The molecule has 0 unspecified atom stereocenters. The fraction of sp³-hybridized carbons (Fsp3) is 0.182. The number of pyridine rings is 1. The predicted octanol–water partition coefficient (Wildman–Crippen LogP) is 3.97. The Morgan fingerprint density at radius 2 is 2.09 bits per heavy atom. The Morgan fingerprint density at radius 3 is 2.85 bits per heavy atom. The van der Waals surface area contributed by atoms with Crippen LogP contribution in [0, 0.1) is 0 Å². The Kier molecular flexibility index (Phi) is 6.48. The number of carbonyl (C=O) groups is 1. The summed E-state index contributed by atoms with van der Waals surface area (Å²) in [6.45, 7) is -1.12. The second-order valence-corrected chi connectivity index (χ2v) is 7.34. The number of hydrogen-bond acceptors (Lipinski definition) is 5. The third-order valence-electron chi connectivity index (χ3n) is 4.81. The number of benzene rings is 1. The van der Waals surface area contributed by atoms with E-state index in [0.29, 0.717) is 17.9 Å². The molecule has 0 aliphatic heterocycles. The Bertz CT molecular complexity index is 1330. The van der Waals surface area contributed by atoms with E-state index >= 15 is 0 Å². The monoisotopic (exact) mass is 471 g/mol. The number of alkyl halides is 3. The van der Waals surface area contributed by atoms with E-state index in [1.165, 1.54) is 0 Å².